The lowest BCUT2D eigenvalue weighted by molar-refractivity contribution is -0.397. The van der Waals surface area contributed by atoms with E-state index in [1.54, 1.807) is 0 Å². The van der Waals surface area contributed by atoms with E-state index in [1.165, 1.54) is 30.5 Å². The maximum Gasteiger partial charge on any atom is 0.187 e. The first-order valence-corrected chi connectivity index (χ1v) is 6.41. The molecular weight excluding hydrogens is 196 g/mol. The van der Waals surface area contributed by atoms with Crippen LogP contribution in [0.4, 0.5) is 0 Å². The number of rotatable bonds is 3. The van der Waals surface area contributed by atoms with E-state index >= 15 is 0 Å². The van der Waals surface area contributed by atoms with Gasteiger partial charge in [-0.1, -0.05) is 6.92 Å². The second-order valence-electron chi connectivity index (χ2n) is 4.98. The van der Waals surface area contributed by atoms with Gasteiger partial charge >= 0.3 is 0 Å². The molecule has 0 atom stereocenters. The van der Waals surface area contributed by atoms with Crippen LogP contribution in [-0.2, 0) is 0 Å². The third-order valence-electron chi connectivity index (χ3n) is 3.83. The van der Waals surface area contributed by atoms with Crippen molar-refractivity contribution in [2.45, 2.75) is 45.6 Å². The van der Waals surface area contributed by atoms with Crippen LogP contribution in [-0.4, -0.2) is 23.9 Å². The highest BCUT2D eigenvalue weighted by Crippen LogP contribution is 2.36. The van der Waals surface area contributed by atoms with Crippen LogP contribution in [0, 0.1) is 5.92 Å². The molecule has 3 rings (SSSR count). The van der Waals surface area contributed by atoms with E-state index in [0.717, 1.165) is 24.9 Å². The summed E-state index contributed by atoms with van der Waals surface area (Å²) in [4.78, 5) is 0. The first kappa shape index (κ1) is 11.6. The first-order chi connectivity index (χ1) is 7.74. The van der Waals surface area contributed by atoms with E-state index in [4.69, 9.17) is 0 Å². The summed E-state index contributed by atoms with van der Waals surface area (Å²) >= 11 is 0. The zero-order valence-corrected chi connectivity index (χ0v) is 10.5. The average molecular weight is 219 g/mol. The van der Waals surface area contributed by atoms with Crippen LogP contribution in [0.2, 0.25) is 0 Å². The predicted octanol–water partition coefficient (Wildman–Crippen LogP) is 2.67. The lowest BCUT2D eigenvalue weighted by atomic mass is 9.75. The van der Waals surface area contributed by atoms with Crippen molar-refractivity contribution < 1.29 is 4.58 Å². The quantitative estimate of drug-likeness (QED) is 0.569. The molecule has 0 amide bonds. The fourth-order valence-corrected chi connectivity index (χ4v) is 2.78. The van der Waals surface area contributed by atoms with Gasteiger partial charge in [0.05, 0.1) is 0 Å². The van der Waals surface area contributed by atoms with Gasteiger partial charge in [0.15, 0.2) is 11.9 Å². The molecule has 1 N–H and O–H groups in total. The summed E-state index contributed by atoms with van der Waals surface area (Å²) < 4.78 is 2.07. The topological polar surface area (TPSA) is 15.0 Å². The molecule has 0 aromatic carbocycles. The van der Waals surface area contributed by atoms with Crippen molar-refractivity contribution in [3.63, 3.8) is 0 Å². The molecule has 0 aromatic heterocycles. The van der Waals surface area contributed by atoms with Gasteiger partial charge < -0.3 is 5.32 Å². The molecule has 88 valence electrons. The van der Waals surface area contributed by atoms with E-state index in [9.17, 15) is 0 Å². The minimum absolute atomic E-state index is 0.785. The minimum Gasteiger partial charge on any atom is -0.310 e. The molecule has 2 heterocycles. The number of fused-ring (bicyclic) bond motifs is 3. The molecule has 0 radical (unpaired) electrons. The molecule has 2 nitrogen and oxygen atoms in total. The summed E-state index contributed by atoms with van der Waals surface area (Å²) in [6.45, 7) is 9.47. The van der Waals surface area contributed by atoms with Gasteiger partial charge in [-0.3, -0.25) is 0 Å². The molecule has 0 saturated heterocycles. The van der Waals surface area contributed by atoms with Gasteiger partial charge in [-0.2, -0.15) is 4.58 Å². The fraction of sp³-hybridized carbons (Fsp3) is 0.643. The van der Waals surface area contributed by atoms with Crippen LogP contribution in [0.25, 0.3) is 0 Å². The van der Waals surface area contributed by atoms with E-state index in [1.807, 2.05) is 6.92 Å². The number of nitrogens with one attached hydrogen (secondary N) is 1. The highest BCUT2D eigenvalue weighted by atomic mass is 15.0. The third-order valence-corrected chi connectivity index (χ3v) is 3.83. The normalized spacial score (nSPS) is 29.9. The van der Waals surface area contributed by atoms with E-state index in [-0.39, 0.29) is 0 Å². The van der Waals surface area contributed by atoms with Gasteiger partial charge in [-0.25, -0.2) is 0 Å². The van der Waals surface area contributed by atoms with Crippen molar-refractivity contribution in [3.8, 4) is 0 Å². The second kappa shape index (κ2) is 4.96. The monoisotopic (exact) mass is 219 g/mol. The van der Waals surface area contributed by atoms with Crippen LogP contribution in [0.1, 0.15) is 39.5 Å². The summed E-state index contributed by atoms with van der Waals surface area (Å²) in [6, 6.07) is 0.785. The van der Waals surface area contributed by atoms with Crippen LogP contribution < -0.4 is 5.32 Å². The molecule has 1 fully saturated rings. The van der Waals surface area contributed by atoms with Crippen molar-refractivity contribution >= 4 is 6.72 Å². The Balaban J connectivity index is 2.22. The van der Waals surface area contributed by atoms with Gasteiger partial charge in [0.1, 0.15) is 6.72 Å². The second-order valence-corrected chi connectivity index (χ2v) is 4.98. The average Bonchev–Trinajstić information content (AvgIpc) is 2.15. The summed E-state index contributed by atoms with van der Waals surface area (Å²) in [5, 5.41) is 3.64. The van der Waals surface area contributed by atoms with Crippen LogP contribution >= 0.6 is 0 Å². The van der Waals surface area contributed by atoms with Gasteiger partial charge in [-0.15, -0.1) is 0 Å². The van der Waals surface area contributed by atoms with Crippen molar-refractivity contribution in [2.24, 2.45) is 5.92 Å². The Hall–Kier alpha value is -0.890. The van der Waals surface area contributed by atoms with Gasteiger partial charge in [0.2, 0.25) is 0 Å². The molecular formula is C14H23N2+. The van der Waals surface area contributed by atoms with E-state index in [2.05, 4.69) is 35.8 Å². The van der Waals surface area contributed by atoms with E-state index < -0.39 is 0 Å². The SMILES string of the molecule is C=[N+](C=CC)C1=C(CC)CNC2CC(C1)C2. The molecule has 1 saturated carbocycles. The summed E-state index contributed by atoms with van der Waals surface area (Å²) in [5.74, 6) is 0.879. The van der Waals surface area contributed by atoms with Gasteiger partial charge in [0.25, 0.3) is 0 Å². The molecule has 0 unspecified atom stereocenters. The Kier molecular flexibility index (Phi) is 3.59. The number of hydrogen-bond donors (Lipinski definition) is 1. The summed E-state index contributed by atoms with van der Waals surface area (Å²) in [7, 11) is 0. The Labute approximate surface area is 98.7 Å². The largest absolute Gasteiger partial charge is 0.310 e. The van der Waals surface area contributed by atoms with Crippen molar-refractivity contribution in [1.82, 2.24) is 5.32 Å². The number of allylic oxidation sites excluding steroid dienone is 2. The van der Waals surface area contributed by atoms with Gasteiger partial charge in [-0.05, 0) is 38.2 Å². The predicted molar refractivity (Wildman–Crippen MR) is 68.6 cm³/mol. The fourth-order valence-electron chi connectivity index (χ4n) is 2.78. The standard InChI is InChI=1S/C14H23N2/c1-4-6-16(3)14-9-11-7-13(8-11)15-10-12(14)5-2/h4,6,11,13,15H,3,5,7-10H2,1-2H3/q+1. The molecule has 16 heavy (non-hydrogen) atoms. The van der Waals surface area contributed by atoms with Crippen molar-refractivity contribution in [3.05, 3.63) is 23.5 Å². The maximum atomic E-state index is 4.13. The lowest BCUT2D eigenvalue weighted by Crippen LogP contribution is -2.44. The smallest absolute Gasteiger partial charge is 0.187 e. The highest BCUT2D eigenvalue weighted by Gasteiger charge is 2.34. The number of hydrogen-bond acceptors (Lipinski definition) is 1. The Bertz CT molecular complexity index is 333. The molecule has 3 aliphatic rings. The molecule has 1 aliphatic carbocycles. The molecule has 0 aromatic rings. The molecule has 2 bridgehead atoms. The van der Waals surface area contributed by atoms with Gasteiger partial charge in [0, 0.05) is 24.6 Å². The van der Waals surface area contributed by atoms with Crippen molar-refractivity contribution in [2.75, 3.05) is 6.54 Å². The molecule has 2 heteroatoms. The summed E-state index contributed by atoms with van der Waals surface area (Å²) in [5.41, 5.74) is 2.97. The molecule has 2 aliphatic heterocycles. The third kappa shape index (κ3) is 2.27. The highest BCUT2D eigenvalue weighted by molar-refractivity contribution is 5.22. The minimum atomic E-state index is 0.785. The first-order valence-electron chi connectivity index (χ1n) is 6.41. The lowest BCUT2D eigenvalue weighted by Gasteiger charge is -2.38. The number of nitrogens with zero attached hydrogens (tertiary/aromatic N) is 1. The maximum absolute atomic E-state index is 4.13. The van der Waals surface area contributed by atoms with Crippen LogP contribution in [0.15, 0.2) is 23.5 Å². The van der Waals surface area contributed by atoms with Crippen molar-refractivity contribution in [1.29, 1.82) is 0 Å². The Morgan fingerprint density at radius 3 is 2.88 bits per heavy atom. The Morgan fingerprint density at radius 1 is 1.50 bits per heavy atom. The summed E-state index contributed by atoms with van der Waals surface area (Å²) in [6.07, 6.45) is 9.18. The Morgan fingerprint density at radius 2 is 2.25 bits per heavy atom. The molecule has 0 spiro atoms. The van der Waals surface area contributed by atoms with Crippen LogP contribution in [0.3, 0.4) is 0 Å². The zero-order chi connectivity index (χ0) is 11.5. The van der Waals surface area contributed by atoms with Crippen LogP contribution in [0.5, 0.6) is 0 Å². The zero-order valence-electron chi connectivity index (χ0n) is 10.5. The van der Waals surface area contributed by atoms with E-state index in [0.29, 0.717) is 0 Å².